The van der Waals surface area contributed by atoms with E-state index in [2.05, 4.69) is 10.3 Å². The molecule has 1 aromatic rings. The van der Waals surface area contributed by atoms with E-state index in [-0.39, 0.29) is 20.9 Å². The van der Waals surface area contributed by atoms with E-state index in [4.69, 9.17) is 45.8 Å². The largest absolute Gasteiger partial charge is 0.382 e. The van der Waals surface area contributed by atoms with Crippen LogP contribution in [0.3, 0.4) is 0 Å². The Hall–Kier alpha value is -0.730. The summed E-state index contributed by atoms with van der Waals surface area (Å²) in [5.41, 5.74) is 5.96. The van der Waals surface area contributed by atoms with Crippen molar-refractivity contribution in [1.82, 2.24) is 4.98 Å². The van der Waals surface area contributed by atoms with Crippen molar-refractivity contribution in [1.29, 1.82) is 5.26 Å². The summed E-state index contributed by atoms with van der Waals surface area (Å²) < 4.78 is 0. The maximum atomic E-state index is 8.89. The van der Waals surface area contributed by atoms with Gasteiger partial charge in [-0.2, -0.15) is 5.26 Å². The number of nitrogens with zero attached hydrogens (tertiary/aromatic N) is 2. The van der Waals surface area contributed by atoms with Crippen LogP contribution in [-0.4, -0.2) is 18.1 Å². The second-order valence-corrected chi connectivity index (χ2v) is 5.11. The average molecular weight is 322 g/mol. The monoisotopic (exact) mass is 320 g/mol. The predicted octanol–water partition coefficient (Wildman–Crippen LogP) is 3.84. The van der Waals surface area contributed by atoms with E-state index in [1.807, 2.05) is 6.07 Å². The van der Waals surface area contributed by atoms with E-state index in [0.29, 0.717) is 12.2 Å². The molecule has 0 bridgehead atoms. The van der Waals surface area contributed by atoms with Crippen molar-refractivity contribution in [3.63, 3.8) is 0 Å². The van der Waals surface area contributed by atoms with Crippen LogP contribution in [0.15, 0.2) is 0 Å². The molecule has 0 fully saturated rings. The minimum absolute atomic E-state index is 0.0710. The summed E-state index contributed by atoms with van der Waals surface area (Å²) in [5.74, 6) is 0. The quantitative estimate of drug-likeness (QED) is 0.591. The molecular formula is C12H15Cl3N4. The van der Waals surface area contributed by atoms with Gasteiger partial charge < -0.3 is 11.1 Å². The third-order valence-corrected chi connectivity index (χ3v) is 3.68. The van der Waals surface area contributed by atoms with Crippen molar-refractivity contribution in [2.75, 3.05) is 18.4 Å². The number of hydrogen-bond donors (Lipinski definition) is 2. The molecule has 0 amide bonds. The van der Waals surface area contributed by atoms with Gasteiger partial charge in [0.05, 0.1) is 5.69 Å². The van der Waals surface area contributed by atoms with E-state index in [0.717, 1.165) is 32.2 Å². The van der Waals surface area contributed by atoms with Crippen LogP contribution in [0, 0.1) is 11.3 Å². The summed E-state index contributed by atoms with van der Waals surface area (Å²) in [7, 11) is 0. The lowest BCUT2D eigenvalue weighted by Gasteiger charge is -2.11. The number of hydrogen-bond acceptors (Lipinski definition) is 4. The van der Waals surface area contributed by atoms with Crippen LogP contribution in [0.4, 0.5) is 5.69 Å². The highest BCUT2D eigenvalue weighted by Gasteiger charge is 2.15. The number of pyridine rings is 1. The molecule has 0 saturated heterocycles. The van der Waals surface area contributed by atoms with Crippen molar-refractivity contribution in [3.05, 3.63) is 20.9 Å². The lowest BCUT2D eigenvalue weighted by atomic mass is 10.2. The number of nitrogens with two attached hydrogens (primary N) is 1. The minimum atomic E-state index is 0.0710. The van der Waals surface area contributed by atoms with Crippen LogP contribution in [-0.2, 0) is 0 Å². The standard InChI is InChI=1S/C12H15Cl3N4/c13-9-8(7-17)19-12(15)10(14)11(9)18-6-4-2-1-3-5-16/h1-6,16H2,(H,18,19). The van der Waals surface area contributed by atoms with Crippen LogP contribution in [0.1, 0.15) is 31.4 Å². The summed E-state index contributed by atoms with van der Waals surface area (Å²) in [6.45, 7) is 1.42. The third kappa shape index (κ3) is 4.70. The van der Waals surface area contributed by atoms with Crippen LogP contribution in [0.25, 0.3) is 0 Å². The molecule has 3 N–H and O–H groups in total. The average Bonchev–Trinajstić information content (AvgIpc) is 2.41. The van der Waals surface area contributed by atoms with Crippen LogP contribution in [0.5, 0.6) is 0 Å². The van der Waals surface area contributed by atoms with Crippen molar-refractivity contribution in [2.45, 2.75) is 25.7 Å². The van der Waals surface area contributed by atoms with Gasteiger partial charge in [-0.1, -0.05) is 47.6 Å². The number of anilines is 1. The maximum Gasteiger partial charge on any atom is 0.163 e. The highest BCUT2D eigenvalue weighted by atomic mass is 35.5. The number of nitrogens with one attached hydrogen (secondary N) is 1. The van der Waals surface area contributed by atoms with Gasteiger partial charge in [-0.3, -0.25) is 0 Å². The summed E-state index contributed by atoms with van der Waals surface area (Å²) in [4.78, 5) is 3.81. The molecule has 0 unspecified atom stereocenters. The lowest BCUT2D eigenvalue weighted by molar-refractivity contribution is 0.661. The molecule has 0 atom stereocenters. The maximum absolute atomic E-state index is 8.89. The minimum Gasteiger partial charge on any atom is -0.382 e. The SMILES string of the molecule is N#Cc1nc(Cl)c(Cl)c(NCCCCCCN)c1Cl. The van der Waals surface area contributed by atoms with Crippen molar-refractivity contribution in [2.24, 2.45) is 5.73 Å². The normalized spacial score (nSPS) is 10.3. The molecular weight excluding hydrogens is 307 g/mol. The summed E-state index contributed by atoms with van der Waals surface area (Å²) >= 11 is 17.9. The molecule has 0 aliphatic heterocycles. The Balaban J connectivity index is 2.63. The molecule has 4 nitrogen and oxygen atoms in total. The molecule has 1 aromatic heterocycles. The molecule has 7 heteroatoms. The number of nitriles is 1. The van der Waals surface area contributed by atoms with Gasteiger partial charge in [0.1, 0.15) is 16.1 Å². The van der Waals surface area contributed by atoms with Crippen molar-refractivity contribution in [3.8, 4) is 6.07 Å². The lowest BCUT2D eigenvalue weighted by Crippen LogP contribution is -2.05. The second kappa shape index (κ2) is 8.44. The number of halogens is 3. The van der Waals surface area contributed by atoms with Crippen LogP contribution < -0.4 is 11.1 Å². The molecule has 19 heavy (non-hydrogen) atoms. The second-order valence-electron chi connectivity index (χ2n) is 4.00. The van der Waals surface area contributed by atoms with Crippen molar-refractivity contribution < 1.29 is 0 Å². The van der Waals surface area contributed by atoms with Gasteiger partial charge in [0, 0.05) is 6.54 Å². The highest BCUT2D eigenvalue weighted by Crippen LogP contribution is 2.36. The first-order valence-corrected chi connectivity index (χ1v) is 7.13. The zero-order valence-corrected chi connectivity index (χ0v) is 12.6. The molecule has 1 rings (SSSR count). The first-order chi connectivity index (χ1) is 9.11. The Kier molecular flexibility index (Phi) is 7.25. The van der Waals surface area contributed by atoms with Gasteiger partial charge in [0.15, 0.2) is 10.8 Å². The fraction of sp³-hybridized carbons (Fsp3) is 0.500. The Bertz CT molecular complexity index is 471. The first kappa shape index (κ1) is 16.3. The smallest absolute Gasteiger partial charge is 0.163 e. The molecule has 0 saturated carbocycles. The molecule has 0 spiro atoms. The molecule has 0 radical (unpaired) electrons. The van der Waals surface area contributed by atoms with E-state index in [9.17, 15) is 0 Å². The van der Waals surface area contributed by atoms with Gasteiger partial charge in [-0.15, -0.1) is 0 Å². The van der Waals surface area contributed by atoms with Crippen LogP contribution in [0.2, 0.25) is 15.2 Å². The van der Waals surface area contributed by atoms with E-state index >= 15 is 0 Å². The Morgan fingerprint density at radius 3 is 2.42 bits per heavy atom. The topological polar surface area (TPSA) is 74.7 Å². The highest BCUT2D eigenvalue weighted by molar-refractivity contribution is 6.45. The molecule has 0 aliphatic carbocycles. The Morgan fingerprint density at radius 1 is 1.11 bits per heavy atom. The van der Waals surface area contributed by atoms with Gasteiger partial charge in [-0.25, -0.2) is 4.98 Å². The van der Waals surface area contributed by atoms with Gasteiger partial charge in [0.25, 0.3) is 0 Å². The summed E-state index contributed by atoms with van der Waals surface area (Å²) in [5, 5.41) is 12.5. The molecule has 104 valence electrons. The molecule has 1 heterocycles. The van der Waals surface area contributed by atoms with E-state index < -0.39 is 0 Å². The number of unbranched alkanes of at least 4 members (excludes halogenated alkanes) is 3. The van der Waals surface area contributed by atoms with Crippen LogP contribution >= 0.6 is 34.8 Å². The predicted molar refractivity (Wildman–Crippen MR) is 80.0 cm³/mol. The Morgan fingerprint density at radius 2 is 1.79 bits per heavy atom. The zero-order chi connectivity index (χ0) is 14.3. The fourth-order valence-electron chi connectivity index (χ4n) is 1.58. The van der Waals surface area contributed by atoms with E-state index in [1.54, 1.807) is 0 Å². The summed E-state index contributed by atoms with van der Waals surface area (Å²) in [6, 6.07) is 1.88. The molecule has 0 aromatic carbocycles. The first-order valence-electron chi connectivity index (χ1n) is 6.00. The van der Waals surface area contributed by atoms with Gasteiger partial charge in [-0.05, 0) is 19.4 Å². The third-order valence-electron chi connectivity index (χ3n) is 2.58. The fourth-order valence-corrected chi connectivity index (χ4v) is 2.26. The zero-order valence-electron chi connectivity index (χ0n) is 10.3. The Labute approximate surface area is 127 Å². The van der Waals surface area contributed by atoms with Gasteiger partial charge in [0.2, 0.25) is 0 Å². The van der Waals surface area contributed by atoms with Gasteiger partial charge >= 0.3 is 0 Å². The number of rotatable bonds is 7. The number of aromatic nitrogens is 1. The summed E-state index contributed by atoms with van der Waals surface area (Å²) in [6.07, 6.45) is 4.17. The molecule has 0 aliphatic rings. The van der Waals surface area contributed by atoms with Crippen molar-refractivity contribution >= 4 is 40.5 Å². The van der Waals surface area contributed by atoms with E-state index in [1.165, 1.54) is 0 Å².